The molecule has 0 saturated heterocycles. The molecule has 0 aliphatic rings. The molecule has 0 rings (SSSR count). The Bertz CT molecular complexity index is 646. The van der Waals surface area contributed by atoms with Crippen molar-refractivity contribution >= 4 is 36.2 Å². The second-order valence-electron chi connectivity index (χ2n) is 8.41. The lowest BCUT2D eigenvalue weighted by Crippen LogP contribution is -2.59. The summed E-state index contributed by atoms with van der Waals surface area (Å²) in [5, 5.41) is 29.3. The van der Waals surface area contributed by atoms with E-state index < -0.39 is 29.4 Å². The molecule has 41 heavy (non-hydrogen) atoms. The maximum atomic E-state index is 12.7. The van der Waals surface area contributed by atoms with Crippen LogP contribution in [0.15, 0.2) is 0 Å². The first-order chi connectivity index (χ1) is 19.2. The lowest BCUT2D eigenvalue weighted by molar-refractivity contribution is -0.140. The van der Waals surface area contributed by atoms with Gasteiger partial charge in [-0.2, -0.15) is 0 Å². The number of amides is 1. The predicted octanol–water partition coefficient (Wildman–Crippen LogP) is -0.848. The molecule has 0 saturated carbocycles. The summed E-state index contributed by atoms with van der Waals surface area (Å²) in [6.07, 6.45) is -0.897. The van der Waals surface area contributed by atoms with Gasteiger partial charge >= 0.3 is 17.9 Å². The quantitative estimate of drug-likeness (QED) is 0.0615. The van der Waals surface area contributed by atoms with Gasteiger partial charge in [-0.1, -0.05) is 0 Å². The molecular weight excluding hydrogens is 576 g/mol. The van der Waals surface area contributed by atoms with Crippen molar-refractivity contribution in [1.82, 2.24) is 5.32 Å². The van der Waals surface area contributed by atoms with Gasteiger partial charge in [0.1, 0.15) is 5.54 Å². The smallest absolute Gasteiger partial charge is 0.305 e. The molecule has 0 aliphatic heterocycles. The molecule has 0 aliphatic carbocycles. The van der Waals surface area contributed by atoms with Crippen LogP contribution in [0.4, 0.5) is 0 Å². The van der Waals surface area contributed by atoms with Crippen molar-refractivity contribution in [2.75, 3.05) is 99.0 Å². The van der Waals surface area contributed by atoms with Crippen LogP contribution in [0, 0.1) is 0 Å². The van der Waals surface area contributed by atoms with Crippen molar-refractivity contribution in [3.05, 3.63) is 0 Å². The van der Waals surface area contributed by atoms with Gasteiger partial charge in [0.15, 0.2) is 0 Å². The number of aliphatic carboxylic acids is 3. The molecule has 242 valence electrons. The van der Waals surface area contributed by atoms with E-state index in [1.165, 1.54) is 0 Å². The molecule has 0 aromatic heterocycles. The lowest BCUT2D eigenvalue weighted by Gasteiger charge is -2.34. The Morgan fingerprint density at radius 1 is 0.512 bits per heavy atom. The van der Waals surface area contributed by atoms with Gasteiger partial charge in [0, 0.05) is 13.0 Å². The van der Waals surface area contributed by atoms with Gasteiger partial charge in [-0.25, -0.2) is 0 Å². The number of carbonyl (C=O) groups excluding carboxylic acids is 1. The van der Waals surface area contributed by atoms with Crippen LogP contribution in [0.25, 0.3) is 0 Å². The largest absolute Gasteiger partial charge is 0.481 e. The highest BCUT2D eigenvalue weighted by atomic mass is 35.5. The average molecular weight is 621 g/mol. The minimum Gasteiger partial charge on any atom is -0.481 e. The van der Waals surface area contributed by atoms with E-state index in [1.807, 2.05) is 0 Å². The van der Waals surface area contributed by atoms with Crippen LogP contribution in [0.1, 0.15) is 25.7 Å². The van der Waals surface area contributed by atoms with Crippen LogP contribution in [0.3, 0.4) is 0 Å². The number of halogens is 1. The molecule has 0 aromatic rings. The topological polar surface area (TPSA) is 232 Å². The number of nitrogens with two attached hydrogens (primary N) is 1. The third-order valence-electron chi connectivity index (χ3n) is 4.77. The van der Waals surface area contributed by atoms with Gasteiger partial charge < -0.3 is 59.5 Å². The summed E-state index contributed by atoms with van der Waals surface area (Å²) in [4.78, 5) is 45.1. The summed E-state index contributed by atoms with van der Waals surface area (Å²) in [6.45, 7) is 2.08. The first-order valence-electron chi connectivity index (χ1n) is 12.9. The molecule has 0 aromatic carbocycles. The van der Waals surface area contributed by atoms with E-state index in [9.17, 15) is 19.2 Å². The van der Waals surface area contributed by atoms with E-state index in [0.29, 0.717) is 46.2 Å². The molecule has 16 nitrogen and oxygen atoms in total. The number of carboxylic acids is 3. The van der Waals surface area contributed by atoms with Crippen LogP contribution in [-0.4, -0.2) is 144 Å². The first kappa shape index (κ1) is 41.0. The normalized spacial score (nSPS) is 11.1. The fraction of sp³-hybridized carbons (Fsp3) is 0.833. The van der Waals surface area contributed by atoms with Crippen molar-refractivity contribution in [3.63, 3.8) is 0 Å². The second kappa shape index (κ2) is 28.0. The van der Waals surface area contributed by atoms with Crippen LogP contribution < -0.4 is 11.1 Å². The van der Waals surface area contributed by atoms with Gasteiger partial charge in [0.2, 0.25) is 5.91 Å². The van der Waals surface area contributed by atoms with Crippen LogP contribution in [0.5, 0.6) is 0 Å². The maximum absolute atomic E-state index is 12.7. The number of ether oxygens (including phenoxy) is 7. The minimum absolute atomic E-state index is 0. The van der Waals surface area contributed by atoms with Crippen molar-refractivity contribution in [2.24, 2.45) is 5.73 Å². The summed E-state index contributed by atoms with van der Waals surface area (Å²) >= 11 is 0. The minimum atomic E-state index is -1.33. The van der Waals surface area contributed by atoms with E-state index in [-0.39, 0.29) is 90.9 Å². The highest BCUT2D eigenvalue weighted by molar-refractivity contribution is 5.85. The molecule has 0 fully saturated rings. The van der Waals surface area contributed by atoms with E-state index in [1.54, 1.807) is 0 Å². The number of nitrogens with one attached hydrogen (secondary N) is 1. The molecule has 0 bridgehead atoms. The number of rotatable bonds is 30. The van der Waals surface area contributed by atoms with Gasteiger partial charge in [0.25, 0.3) is 0 Å². The molecule has 1 amide bonds. The summed E-state index contributed by atoms with van der Waals surface area (Å²) in [5.41, 5.74) is 3.98. The van der Waals surface area contributed by atoms with Crippen molar-refractivity contribution in [2.45, 2.75) is 31.2 Å². The summed E-state index contributed by atoms with van der Waals surface area (Å²) in [7, 11) is 0. The van der Waals surface area contributed by atoms with Gasteiger partial charge in [-0.05, 0) is 0 Å². The van der Waals surface area contributed by atoms with E-state index in [2.05, 4.69) is 5.32 Å². The third-order valence-corrected chi connectivity index (χ3v) is 4.77. The van der Waals surface area contributed by atoms with E-state index in [4.69, 9.17) is 54.2 Å². The zero-order chi connectivity index (χ0) is 29.9. The Hall–Kier alpha value is -2.15. The fourth-order valence-electron chi connectivity index (χ4n) is 2.88. The fourth-order valence-corrected chi connectivity index (χ4v) is 2.88. The standard InChI is InChI=1S/C24H44N2O14.ClH/c25-5-10-35-12-14-37-16-15-36-13-11-34-6-1-20(27)26-24(17-38-7-2-21(28)29,18-39-8-3-22(30)31)19-40-9-4-23(32)33;/h1-19,25H2,(H,26,27)(H,28,29)(H,30,31)(H,32,33);1H. The number of hydrogen-bond acceptors (Lipinski definition) is 12. The molecular formula is C24H45ClN2O14. The highest BCUT2D eigenvalue weighted by Crippen LogP contribution is 2.11. The Morgan fingerprint density at radius 3 is 1.17 bits per heavy atom. The molecule has 0 spiro atoms. The van der Waals surface area contributed by atoms with E-state index in [0.717, 1.165) is 0 Å². The predicted molar refractivity (Wildman–Crippen MR) is 144 cm³/mol. The molecule has 17 heteroatoms. The number of hydrogen-bond donors (Lipinski definition) is 5. The molecule has 6 N–H and O–H groups in total. The molecule has 0 radical (unpaired) electrons. The SMILES string of the molecule is Cl.NCCOCCOCCOCCOCCC(=O)NC(COCCC(=O)O)(COCCC(=O)O)COCCC(=O)O. The van der Waals surface area contributed by atoms with Gasteiger partial charge in [-0.3, -0.25) is 19.2 Å². The van der Waals surface area contributed by atoms with Crippen molar-refractivity contribution < 1.29 is 67.7 Å². The summed E-state index contributed by atoms with van der Waals surface area (Å²) in [6, 6.07) is 0. The summed E-state index contributed by atoms with van der Waals surface area (Å²) < 4.78 is 37.6. The van der Waals surface area contributed by atoms with Crippen LogP contribution >= 0.6 is 12.4 Å². The third kappa shape index (κ3) is 27.8. The monoisotopic (exact) mass is 620 g/mol. The maximum Gasteiger partial charge on any atom is 0.305 e. The Morgan fingerprint density at radius 2 is 0.829 bits per heavy atom. The highest BCUT2D eigenvalue weighted by Gasteiger charge is 2.34. The number of carbonyl (C=O) groups is 4. The van der Waals surface area contributed by atoms with Crippen molar-refractivity contribution in [3.8, 4) is 0 Å². The van der Waals surface area contributed by atoms with Gasteiger partial charge in [0.05, 0.1) is 112 Å². The molecule has 0 heterocycles. The zero-order valence-electron chi connectivity index (χ0n) is 23.3. The van der Waals surface area contributed by atoms with Gasteiger partial charge in [-0.15, -0.1) is 12.4 Å². The van der Waals surface area contributed by atoms with Crippen LogP contribution in [-0.2, 0) is 52.3 Å². The first-order valence-corrected chi connectivity index (χ1v) is 12.9. The van der Waals surface area contributed by atoms with Crippen molar-refractivity contribution in [1.29, 1.82) is 0 Å². The van der Waals surface area contributed by atoms with Crippen LogP contribution in [0.2, 0.25) is 0 Å². The Balaban J connectivity index is 0. The van der Waals surface area contributed by atoms with E-state index >= 15 is 0 Å². The zero-order valence-corrected chi connectivity index (χ0v) is 24.1. The second-order valence-corrected chi connectivity index (χ2v) is 8.41. The Labute approximate surface area is 245 Å². The average Bonchev–Trinajstić information content (AvgIpc) is 2.89. The lowest BCUT2D eigenvalue weighted by atomic mass is 10.0. The number of carboxylic acid groups (broad SMARTS) is 3. The Kier molecular flexibility index (Phi) is 28.0. The summed E-state index contributed by atoms with van der Waals surface area (Å²) in [5.74, 6) is -3.69. The molecule has 0 atom stereocenters. The molecule has 0 unspecified atom stereocenters.